The topological polar surface area (TPSA) is 51.6 Å². The van der Waals surface area contributed by atoms with Crippen LogP contribution in [-0.4, -0.2) is 19.9 Å². The molecule has 0 aliphatic carbocycles. The van der Waals surface area contributed by atoms with Crippen molar-refractivity contribution in [2.24, 2.45) is 0 Å². The van der Waals surface area contributed by atoms with Gasteiger partial charge in [-0.25, -0.2) is 15.0 Å². The normalized spacial score (nSPS) is 10.8. The van der Waals surface area contributed by atoms with Crippen molar-refractivity contribution < 1.29 is 0 Å². The molecule has 0 atom stereocenters. The molecule has 0 radical (unpaired) electrons. The summed E-state index contributed by atoms with van der Waals surface area (Å²) in [7, 11) is 0. The molecule has 0 amide bonds. The summed E-state index contributed by atoms with van der Waals surface area (Å²) < 4.78 is 1.89. The van der Waals surface area contributed by atoms with Gasteiger partial charge in [0, 0.05) is 38.0 Å². The molecule has 2 heterocycles. The van der Waals surface area contributed by atoms with Gasteiger partial charge in [-0.1, -0.05) is 86.5 Å². The first-order valence-corrected chi connectivity index (χ1v) is 11.5. The fourth-order valence-electron chi connectivity index (χ4n) is 3.38. The summed E-state index contributed by atoms with van der Waals surface area (Å²) in [6, 6.07) is 28.4. The fourth-order valence-corrected chi connectivity index (χ4v) is 4.68. The molecule has 0 N–H and O–H groups in total. The van der Waals surface area contributed by atoms with Crippen molar-refractivity contribution >= 4 is 31.9 Å². The number of hydrogen-bond donors (Lipinski definition) is 0. The Morgan fingerprint density at radius 2 is 1.00 bits per heavy atom. The molecule has 0 spiro atoms. The van der Waals surface area contributed by atoms with Crippen LogP contribution in [0.25, 0.3) is 45.3 Å². The molecule has 32 heavy (non-hydrogen) atoms. The zero-order valence-corrected chi connectivity index (χ0v) is 20.0. The van der Waals surface area contributed by atoms with E-state index in [1.165, 1.54) is 5.56 Å². The van der Waals surface area contributed by atoms with E-state index in [9.17, 15) is 0 Å². The SMILES string of the molecule is Brc1cc(Br)cc(-c2nc(-c3ccc(-c4ccccc4)cc3)nc(-c3cccnc3)n2)c1. The molecule has 6 heteroatoms. The number of rotatable bonds is 4. The second kappa shape index (κ2) is 9.10. The van der Waals surface area contributed by atoms with Gasteiger partial charge in [-0.15, -0.1) is 0 Å². The van der Waals surface area contributed by atoms with Gasteiger partial charge in [0.1, 0.15) is 0 Å². The third-order valence-corrected chi connectivity index (χ3v) is 5.84. The second-order valence-corrected chi connectivity index (χ2v) is 8.98. The molecule has 0 saturated heterocycles. The Morgan fingerprint density at radius 3 is 1.62 bits per heavy atom. The lowest BCUT2D eigenvalue weighted by Crippen LogP contribution is -2.00. The van der Waals surface area contributed by atoms with Crippen molar-refractivity contribution in [1.82, 2.24) is 19.9 Å². The van der Waals surface area contributed by atoms with E-state index in [0.29, 0.717) is 17.5 Å². The van der Waals surface area contributed by atoms with Crippen LogP contribution >= 0.6 is 31.9 Å². The van der Waals surface area contributed by atoms with E-state index < -0.39 is 0 Å². The molecule has 154 valence electrons. The Hall–Kier alpha value is -3.22. The maximum Gasteiger partial charge on any atom is 0.165 e. The Morgan fingerprint density at radius 1 is 0.469 bits per heavy atom. The summed E-state index contributed by atoms with van der Waals surface area (Å²) in [6.45, 7) is 0. The van der Waals surface area contributed by atoms with Crippen molar-refractivity contribution in [2.75, 3.05) is 0 Å². The van der Waals surface area contributed by atoms with Crippen molar-refractivity contribution in [1.29, 1.82) is 0 Å². The lowest BCUT2D eigenvalue weighted by molar-refractivity contribution is 1.07. The van der Waals surface area contributed by atoms with Crippen LogP contribution in [0.15, 0.2) is 106 Å². The average Bonchev–Trinajstić information content (AvgIpc) is 2.84. The number of benzene rings is 3. The second-order valence-electron chi connectivity index (χ2n) is 7.15. The minimum atomic E-state index is 0.585. The summed E-state index contributed by atoms with van der Waals surface area (Å²) in [5.41, 5.74) is 4.97. The lowest BCUT2D eigenvalue weighted by Gasteiger charge is -2.09. The molecule has 0 saturated carbocycles. The lowest BCUT2D eigenvalue weighted by atomic mass is 10.0. The van der Waals surface area contributed by atoms with Gasteiger partial charge in [0.05, 0.1) is 0 Å². The van der Waals surface area contributed by atoms with E-state index in [2.05, 4.69) is 61.1 Å². The van der Waals surface area contributed by atoms with E-state index in [4.69, 9.17) is 15.0 Å². The number of pyridine rings is 1. The molecular formula is C26H16Br2N4. The zero-order valence-electron chi connectivity index (χ0n) is 16.8. The van der Waals surface area contributed by atoms with Crippen LogP contribution in [0.1, 0.15) is 0 Å². The Bertz CT molecular complexity index is 1350. The van der Waals surface area contributed by atoms with Gasteiger partial charge in [0.15, 0.2) is 17.5 Å². The predicted octanol–water partition coefficient (Wildman–Crippen LogP) is 7.46. The van der Waals surface area contributed by atoms with Crippen molar-refractivity contribution in [3.05, 3.63) is 106 Å². The van der Waals surface area contributed by atoms with Gasteiger partial charge >= 0.3 is 0 Å². The van der Waals surface area contributed by atoms with Crippen molar-refractivity contribution in [3.8, 4) is 45.3 Å². The van der Waals surface area contributed by atoms with Crippen LogP contribution in [-0.2, 0) is 0 Å². The summed E-state index contributed by atoms with van der Waals surface area (Å²) in [5, 5.41) is 0. The van der Waals surface area contributed by atoms with Crippen LogP contribution in [0.2, 0.25) is 0 Å². The molecular weight excluding hydrogens is 528 g/mol. The highest BCUT2D eigenvalue weighted by Gasteiger charge is 2.13. The minimum Gasteiger partial charge on any atom is -0.264 e. The van der Waals surface area contributed by atoms with Crippen LogP contribution in [0.3, 0.4) is 0 Å². The van der Waals surface area contributed by atoms with Crippen LogP contribution in [0.4, 0.5) is 0 Å². The Kier molecular flexibility index (Phi) is 5.88. The summed E-state index contributed by atoms with van der Waals surface area (Å²) in [5.74, 6) is 1.80. The molecule has 5 aromatic rings. The number of nitrogens with zero attached hydrogens (tertiary/aromatic N) is 4. The third-order valence-electron chi connectivity index (χ3n) is 4.93. The molecule has 4 nitrogen and oxygen atoms in total. The molecule has 0 aliphatic rings. The smallest absolute Gasteiger partial charge is 0.165 e. The summed E-state index contributed by atoms with van der Waals surface area (Å²) in [4.78, 5) is 18.5. The number of halogens is 2. The molecule has 0 unspecified atom stereocenters. The van der Waals surface area contributed by atoms with Crippen molar-refractivity contribution in [3.63, 3.8) is 0 Å². The first kappa shape index (κ1) is 20.7. The molecule has 0 aliphatic heterocycles. The van der Waals surface area contributed by atoms with Gasteiger partial charge in [-0.05, 0) is 41.5 Å². The van der Waals surface area contributed by atoms with Gasteiger partial charge in [0.25, 0.3) is 0 Å². The highest BCUT2D eigenvalue weighted by atomic mass is 79.9. The molecule has 0 fully saturated rings. The van der Waals surface area contributed by atoms with E-state index >= 15 is 0 Å². The van der Waals surface area contributed by atoms with Gasteiger partial charge in [0.2, 0.25) is 0 Å². The Balaban J connectivity index is 1.63. The largest absolute Gasteiger partial charge is 0.264 e. The number of hydrogen-bond acceptors (Lipinski definition) is 4. The van der Waals surface area contributed by atoms with Crippen LogP contribution in [0, 0.1) is 0 Å². The quantitative estimate of drug-likeness (QED) is 0.236. The third kappa shape index (κ3) is 4.52. The highest BCUT2D eigenvalue weighted by Crippen LogP contribution is 2.29. The maximum absolute atomic E-state index is 4.80. The molecule has 0 bridgehead atoms. The monoisotopic (exact) mass is 542 g/mol. The number of aromatic nitrogens is 4. The van der Waals surface area contributed by atoms with E-state index in [-0.39, 0.29) is 0 Å². The molecule has 3 aromatic carbocycles. The van der Waals surface area contributed by atoms with E-state index in [1.807, 2.05) is 60.7 Å². The van der Waals surface area contributed by atoms with E-state index in [1.54, 1.807) is 12.4 Å². The maximum atomic E-state index is 4.80. The van der Waals surface area contributed by atoms with E-state index in [0.717, 1.165) is 31.2 Å². The zero-order chi connectivity index (χ0) is 21.9. The first-order valence-electron chi connectivity index (χ1n) is 9.94. The van der Waals surface area contributed by atoms with Crippen LogP contribution < -0.4 is 0 Å². The molecule has 2 aromatic heterocycles. The predicted molar refractivity (Wildman–Crippen MR) is 135 cm³/mol. The summed E-state index contributed by atoms with van der Waals surface area (Å²) in [6.07, 6.45) is 3.50. The highest BCUT2D eigenvalue weighted by molar-refractivity contribution is 9.11. The fraction of sp³-hybridized carbons (Fsp3) is 0. The van der Waals surface area contributed by atoms with Gasteiger partial charge in [-0.2, -0.15) is 0 Å². The van der Waals surface area contributed by atoms with Gasteiger partial charge in [-0.3, -0.25) is 4.98 Å². The first-order chi connectivity index (χ1) is 15.7. The molecule has 5 rings (SSSR count). The summed E-state index contributed by atoms with van der Waals surface area (Å²) >= 11 is 7.11. The Labute approximate surface area is 202 Å². The van der Waals surface area contributed by atoms with Gasteiger partial charge < -0.3 is 0 Å². The van der Waals surface area contributed by atoms with Crippen LogP contribution in [0.5, 0.6) is 0 Å². The average molecular weight is 544 g/mol. The van der Waals surface area contributed by atoms with Crippen molar-refractivity contribution in [2.45, 2.75) is 0 Å². The minimum absolute atomic E-state index is 0.585. The standard InChI is InChI=1S/C26H16Br2N4/c27-22-13-21(14-23(28)15-22)26-31-24(30-25(32-26)20-7-4-12-29-16-20)19-10-8-18(9-11-19)17-5-2-1-3-6-17/h1-16H.